The van der Waals surface area contributed by atoms with Gasteiger partial charge in [-0.3, -0.25) is 9.78 Å². The minimum Gasteiger partial charge on any atom is -0.291 e. The fraction of sp³-hybridized carbons (Fsp3) is 0.233. The summed E-state index contributed by atoms with van der Waals surface area (Å²) in [6, 6.07) is 18.6. The lowest BCUT2D eigenvalue weighted by atomic mass is 9.65. The summed E-state index contributed by atoms with van der Waals surface area (Å²) in [6.45, 7) is 5.49. The summed E-state index contributed by atoms with van der Waals surface area (Å²) in [5.74, 6) is -0.231. The van der Waals surface area contributed by atoms with E-state index in [0.717, 1.165) is 41.0 Å². The number of aromatic nitrogens is 3. The number of fused-ring (bicyclic) bond motifs is 2. The van der Waals surface area contributed by atoms with E-state index in [1.54, 1.807) is 30.3 Å². The minimum absolute atomic E-state index is 0.0495. The molecular weight excluding hydrogens is 483 g/mol. The number of aryl methyl sites for hydroxylation is 2. The van der Waals surface area contributed by atoms with E-state index >= 15 is 0 Å². The van der Waals surface area contributed by atoms with Crippen molar-refractivity contribution in [3.8, 4) is 5.69 Å². The maximum absolute atomic E-state index is 14.2. The van der Waals surface area contributed by atoms with Crippen LogP contribution in [0.3, 0.4) is 0 Å². The van der Waals surface area contributed by atoms with Crippen LogP contribution in [0.25, 0.3) is 11.8 Å². The maximum atomic E-state index is 14.2. The van der Waals surface area contributed by atoms with Crippen LogP contribution < -0.4 is 0 Å². The second-order valence-electron chi connectivity index (χ2n) is 9.94. The first kappa shape index (κ1) is 23.8. The van der Waals surface area contributed by atoms with E-state index in [9.17, 15) is 9.18 Å². The van der Waals surface area contributed by atoms with Gasteiger partial charge in [0.25, 0.3) is 0 Å². The number of piperidine rings is 1. The van der Waals surface area contributed by atoms with Crippen LogP contribution in [0.1, 0.15) is 39.3 Å². The quantitative estimate of drug-likeness (QED) is 0.235. The Morgan fingerprint density at radius 1 is 1.03 bits per heavy atom. The minimum atomic E-state index is -0.721. The highest BCUT2D eigenvalue weighted by atomic mass is 32.2. The molecule has 1 aliphatic carbocycles. The molecule has 0 saturated carbocycles. The summed E-state index contributed by atoms with van der Waals surface area (Å²) < 4.78 is 17.7. The van der Waals surface area contributed by atoms with Crippen molar-refractivity contribution in [2.75, 3.05) is 13.1 Å². The second-order valence-corrected chi connectivity index (χ2v) is 11.1. The number of carbonyl (C=O) groups excluding carboxylic acids is 1. The number of halogens is 1. The number of benzene rings is 2. The predicted molar refractivity (Wildman–Crippen MR) is 144 cm³/mol. The van der Waals surface area contributed by atoms with Gasteiger partial charge in [-0.2, -0.15) is 5.10 Å². The Morgan fingerprint density at radius 2 is 1.86 bits per heavy atom. The number of rotatable bonds is 5. The number of ketones is 1. The lowest BCUT2D eigenvalue weighted by Gasteiger charge is -2.44. The standard InChI is InChI=1S/C30H27FN4OS/c1-20-4-3-5-26(14-20)37-34-13-12-23-15-28-22(18-33-35(28)25-9-7-24(31)8-10-25)16-30(23,19-34)29(36)27-11-6-21(2)17-32-27/h3-11,14-15,17-18H,12-13,16,19H2,1-2H3. The molecule has 7 heteroatoms. The summed E-state index contributed by atoms with van der Waals surface area (Å²) in [6.07, 6.45) is 7.06. The molecular formula is C30H27FN4OS. The van der Waals surface area contributed by atoms with Crippen LogP contribution in [0.2, 0.25) is 0 Å². The average molecular weight is 511 g/mol. The van der Waals surface area contributed by atoms with Crippen molar-refractivity contribution in [3.63, 3.8) is 0 Å². The van der Waals surface area contributed by atoms with Gasteiger partial charge >= 0.3 is 0 Å². The molecule has 2 aliphatic rings. The van der Waals surface area contributed by atoms with Crippen LogP contribution >= 0.6 is 11.9 Å². The third-order valence-corrected chi connectivity index (χ3v) is 8.29. The molecule has 0 bridgehead atoms. The van der Waals surface area contributed by atoms with Gasteiger partial charge in [-0.25, -0.2) is 13.4 Å². The normalized spacial score (nSPS) is 19.2. The smallest absolute Gasteiger partial charge is 0.192 e. The molecule has 0 N–H and O–H groups in total. The Morgan fingerprint density at radius 3 is 2.62 bits per heavy atom. The van der Waals surface area contributed by atoms with Crippen LogP contribution in [0, 0.1) is 25.1 Å². The van der Waals surface area contributed by atoms with Crippen molar-refractivity contribution in [1.29, 1.82) is 0 Å². The van der Waals surface area contributed by atoms with Crippen LogP contribution in [0.5, 0.6) is 0 Å². The Labute approximate surface area is 220 Å². The Balaban J connectivity index is 1.40. The summed E-state index contributed by atoms with van der Waals surface area (Å²) in [4.78, 5) is 19.9. The molecule has 1 fully saturated rings. The van der Waals surface area contributed by atoms with Gasteiger partial charge in [0.05, 0.1) is 23.0 Å². The van der Waals surface area contributed by atoms with E-state index in [4.69, 9.17) is 0 Å². The van der Waals surface area contributed by atoms with E-state index in [2.05, 4.69) is 51.7 Å². The van der Waals surface area contributed by atoms with Gasteiger partial charge in [-0.15, -0.1) is 0 Å². The van der Waals surface area contributed by atoms with E-state index in [1.807, 2.05) is 29.9 Å². The lowest BCUT2D eigenvalue weighted by molar-refractivity contribution is 0.0775. The predicted octanol–water partition coefficient (Wildman–Crippen LogP) is 6.25. The van der Waals surface area contributed by atoms with E-state index in [-0.39, 0.29) is 11.6 Å². The highest BCUT2D eigenvalue weighted by molar-refractivity contribution is 7.97. The Hall–Kier alpha value is -3.55. The van der Waals surface area contributed by atoms with Crippen molar-refractivity contribution in [2.45, 2.75) is 31.6 Å². The highest BCUT2D eigenvalue weighted by Crippen LogP contribution is 2.48. The molecule has 2 aromatic heterocycles. The lowest BCUT2D eigenvalue weighted by Crippen LogP contribution is -2.49. The number of Topliss-reactive ketones (excluding diaryl/α,β-unsaturated/α-hetero) is 1. The van der Waals surface area contributed by atoms with Gasteiger partial charge in [0.1, 0.15) is 11.5 Å². The van der Waals surface area contributed by atoms with Gasteiger partial charge in [0.2, 0.25) is 0 Å². The Kier molecular flexibility index (Phi) is 6.05. The SMILES string of the molecule is Cc1ccc(C(=O)C23Cc4cnn(-c5ccc(F)cc5)c4C=C2CCN(Sc2cccc(C)c2)C3)nc1. The molecule has 3 heterocycles. The summed E-state index contributed by atoms with van der Waals surface area (Å²) in [7, 11) is 0. The number of pyridine rings is 1. The van der Waals surface area contributed by atoms with Crippen molar-refractivity contribution in [1.82, 2.24) is 19.1 Å². The third-order valence-electron chi connectivity index (χ3n) is 7.25. The molecule has 0 radical (unpaired) electrons. The summed E-state index contributed by atoms with van der Waals surface area (Å²) in [5.41, 5.74) is 5.89. The fourth-order valence-electron chi connectivity index (χ4n) is 5.35. The molecule has 1 aliphatic heterocycles. The summed E-state index contributed by atoms with van der Waals surface area (Å²) >= 11 is 1.71. The molecule has 1 atom stereocenters. The number of hydrogen-bond donors (Lipinski definition) is 0. The Bertz CT molecular complexity index is 1510. The zero-order valence-electron chi connectivity index (χ0n) is 20.8. The molecule has 4 aromatic rings. The van der Waals surface area contributed by atoms with Crippen molar-refractivity contribution >= 4 is 23.8 Å². The molecule has 1 saturated heterocycles. The molecule has 37 heavy (non-hydrogen) atoms. The molecule has 0 spiro atoms. The van der Waals surface area contributed by atoms with Crippen LogP contribution in [-0.2, 0) is 6.42 Å². The zero-order valence-corrected chi connectivity index (χ0v) is 21.6. The van der Waals surface area contributed by atoms with E-state index < -0.39 is 5.41 Å². The average Bonchev–Trinajstić information content (AvgIpc) is 3.30. The zero-order chi connectivity index (χ0) is 25.6. The number of carbonyl (C=O) groups is 1. The first-order chi connectivity index (χ1) is 17.9. The number of nitrogens with zero attached hydrogens (tertiary/aromatic N) is 4. The van der Waals surface area contributed by atoms with Gasteiger partial charge in [-0.1, -0.05) is 23.8 Å². The summed E-state index contributed by atoms with van der Waals surface area (Å²) in [5, 5.41) is 4.63. The second kappa shape index (κ2) is 9.39. The molecule has 5 nitrogen and oxygen atoms in total. The van der Waals surface area contributed by atoms with E-state index in [1.165, 1.54) is 22.6 Å². The number of hydrogen-bond acceptors (Lipinski definition) is 5. The topological polar surface area (TPSA) is 51.0 Å². The van der Waals surface area contributed by atoms with Gasteiger partial charge < -0.3 is 0 Å². The molecule has 2 aromatic carbocycles. The molecule has 1 unspecified atom stereocenters. The monoisotopic (exact) mass is 510 g/mol. The van der Waals surface area contributed by atoms with Crippen molar-refractivity contribution in [3.05, 3.63) is 113 Å². The largest absolute Gasteiger partial charge is 0.291 e. The molecule has 0 amide bonds. The fourth-order valence-corrected chi connectivity index (χ4v) is 6.49. The van der Waals surface area contributed by atoms with Crippen molar-refractivity contribution < 1.29 is 9.18 Å². The first-order valence-electron chi connectivity index (χ1n) is 12.4. The van der Waals surface area contributed by atoms with Crippen molar-refractivity contribution in [2.24, 2.45) is 5.41 Å². The molecule has 6 rings (SSSR count). The van der Waals surface area contributed by atoms with Crippen LogP contribution in [0.4, 0.5) is 4.39 Å². The van der Waals surface area contributed by atoms with Gasteiger partial charge in [0, 0.05) is 24.2 Å². The third kappa shape index (κ3) is 4.43. The van der Waals surface area contributed by atoms with Crippen LogP contribution in [-0.4, -0.2) is 37.9 Å². The highest BCUT2D eigenvalue weighted by Gasteiger charge is 2.49. The molecule has 186 valence electrons. The van der Waals surface area contributed by atoms with E-state index in [0.29, 0.717) is 18.7 Å². The first-order valence-corrected chi connectivity index (χ1v) is 13.2. The van der Waals surface area contributed by atoms with Gasteiger partial charge in [0.15, 0.2) is 5.78 Å². The van der Waals surface area contributed by atoms with Crippen LogP contribution in [0.15, 0.2) is 83.5 Å². The maximum Gasteiger partial charge on any atom is 0.192 e. The van der Waals surface area contributed by atoms with Gasteiger partial charge in [-0.05, 0) is 104 Å².